The summed E-state index contributed by atoms with van der Waals surface area (Å²) >= 11 is 0. The van der Waals surface area contributed by atoms with E-state index in [1.54, 1.807) is 24.3 Å². The SMILES string of the molecule is COCCN(CC(F)F)C(=O)CCc1ccc(S(=O)(=O)N2CCCCC2)cc1. The van der Waals surface area contributed by atoms with Crippen molar-refractivity contribution >= 4 is 15.9 Å². The van der Waals surface area contributed by atoms with Crippen molar-refractivity contribution in [2.24, 2.45) is 0 Å². The van der Waals surface area contributed by atoms with Gasteiger partial charge >= 0.3 is 0 Å². The van der Waals surface area contributed by atoms with Crippen LogP contribution in [0.1, 0.15) is 31.2 Å². The Morgan fingerprint density at radius 3 is 2.39 bits per heavy atom. The highest BCUT2D eigenvalue weighted by molar-refractivity contribution is 7.89. The van der Waals surface area contributed by atoms with Gasteiger partial charge in [0.25, 0.3) is 6.43 Å². The maximum atomic E-state index is 12.6. The van der Waals surface area contributed by atoms with Crippen molar-refractivity contribution in [2.75, 3.05) is 39.9 Å². The zero-order valence-electron chi connectivity index (χ0n) is 16.1. The van der Waals surface area contributed by atoms with Crippen molar-refractivity contribution < 1.29 is 26.7 Å². The highest BCUT2D eigenvalue weighted by Gasteiger charge is 2.25. The fraction of sp³-hybridized carbons (Fsp3) is 0.632. The first-order valence-corrected chi connectivity index (χ1v) is 10.9. The van der Waals surface area contributed by atoms with E-state index in [2.05, 4.69) is 0 Å². The largest absolute Gasteiger partial charge is 0.383 e. The van der Waals surface area contributed by atoms with Gasteiger partial charge in [-0.3, -0.25) is 4.79 Å². The number of alkyl halides is 2. The van der Waals surface area contributed by atoms with Gasteiger partial charge in [-0.2, -0.15) is 4.31 Å². The monoisotopic (exact) mass is 418 g/mol. The van der Waals surface area contributed by atoms with Crippen LogP contribution in [0.4, 0.5) is 8.78 Å². The minimum atomic E-state index is -3.49. The lowest BCUT2D eigenvalue weighted by atomic mass is 10.1. The average molecular weight is 419 g/mol. The molecule has 9 heteroatoms. The Kier molecular flexibility index (Phi) is 8.78. The number of piperidine rings is 1. The number of carbonyl (C=O) groups is 1. The third kappa shape index (κ3) is 6.49. The molecular formula is C19H28F2N2O4S. The molecule has 1 aliphatic rings. The second-order valence-corrected chi connectivity index (χ2v) is 8.77. The Bertz CT molecular complexity index is 720. The molecule has 0 saturated carbocycles. The van der Waals surface area contributed by atoms with Gasteiger partial charge in [0.05, 0.1) is 18.0 Å². The van der Waals surface area contributed by atoms with Crippen LogP contribution in [-0.4, -0.2) is 69.9 Å². The van der Waals surface area contributed by atoms with E-state index in [1.165, 1.54) is 11.4 Å². The third-order valence-corrected chi connectivity index (χ3v) is 6.69. The van der Waals surface area contributed by atoms with Gasteiger partial charge < -0.3 is 9.64 Å². The lowest BCUT2D eigenvalue weighted by Gasteiger charge is -2.26. The Morgan fingerprint density at radius 2 is 1.82 bits per heavy atom. The van der Waals surface area contributed by atoms with Gasteiger partial charge in [-0.05, 0) is 37.0 Å². The van der Waals surface area contributed by atoms with E-state index >= 15 is 0 Å². The molecule has 0 aliphatic carbocycles. The van der Waals surface area contributed by atoms with Crippen LogP contribution in [0.3, 0.4) is 0 Å². The van der Waals surface area contributed by atoms with Gasteiger partial charge in [0.2, 0.25) is 15.9 Å². The standard InChI is InChI=1S/C19H28F2N2O4S/c1-27-14-13-22(15-18(20)21)19(24)10-7-16-5-8-17(9-6-16)28(25,26)23-11-3-2-4-12-23/h5-6,8-9,18H,2-4,7,10-15H2,1H3. The van der Waals surface area contributed by atoms with Gasteiger partial charge in [-0.1, -0.05) is 18.6 Å². The molecule has 1 heterocycles. The van der Waals surface area contributed by atoms with Gasteiger partial charge in [-0.25, -0.2) is 17.2 Å². The minimum absolute atomic E-state index is 0.0780. The molecule has 1 aliphatic heterocycles. The number of sulfonamides is 1. The number of methoxy groups -OCH3 is 1. The molecular weight excluding hydrogens is 390 g/mol. The summed E-state index contributed by atoms with van der Waals surface area (Å²) in [6.07, 6.45) is 0.630. The lowest BCUT2D eigenvalue weighted by Crippen LogP contribution is -2.37. The van der Waals surface area contributed by atoms with Crippen LogP contribution in [0.5, 0.6) is 0 Å². The summed E-state index contributed by atoms with van der Waals surface area (Å²) in [5.41, 5.74) is 0.787. The number of halogens is 2. The second kappa shape index (κ2) is 10.8. The first-order chi connectivity index (χ1) is 13.3. The summed E-state index contributed by atoms with van der Waals surface area (Å²) in [5, 5.41) is 0. The molecule has 0 atom stereocenters. The van der Waals surface area contributed by atoms with Gasteiger partial charge in [0.1, 0.15) is 0 Å². The van der Waals surface area contributed by atoms with E-state index in [4.69, 9.17) is 4.74 Å². The van der Waals surface area contributed by atoms with Crippen molar-refractivity contribution in [3.8, 4) is 0 Å². The van der Waals surface area contributed by atoms with Gasteiger partial charge in [0.15, 0.2) is 0 Å². The summed E-state index contributed by atoms with van der Waals surface area (Å²) in [6, 6.07) is 6.45. The summed E-state index contributed by atoms with van der Waals surface area (Å²) in [6.45, 7) is 0.781. The number of aryl methyl sites for hydroxylation is 1. The topological polar surface area (TPSA) is 66.9 Å². The van der Waals surface area contributed by atoms with Crippen molar-refractivity contribution in [2.45, 2.75) is 43.4 Å². The van der Waals surface area contributed by atoms with E-state index in [9.17, 15) is 22.0 Å². The fourth-order valence-electron chi connectivity index (χ4n) is 3.18. The van der Waals surface area contributed by atoms with Crippen LogP contribution in [0.15, 0.2) is 29.2 Å². The molecule has 2 rings (SSSR count). The van der Waals surface area contributed by atoms with Crippen molar-refractivity contribution in [3.63, 3.8) is 0 Å². The summed E-state index contributed by atoms with van der Waals surface area (Å²) in [4.78, 5) is 13.6. The molecule has 1 fully saturated rings. The van der Waals surface area contributed by atoms with E-state index in [-0.39, 0.29) is 30.4 Å². The molecule has 1 aromatic carbocycles. The number of amides is 1. The van der Waals surface area contributed by atoms with E-state index in [0.29, 0.717) is 19.5 Å². The van der Waals surface area contributed by atoms with E-state index in [1.807, 2.05) is 0 Å². The Morgan fingerprint density at radius 1 is 1.18 bits per heavy atom. The summed E-state index contributed by atoms with van der Waals surface area (Å²) < 4.78 is 56.9. The number of hydrogen-bond acceptors (Lipinski definition) is 4. The van der Waals surface area contributed by atoms with Crippen molar-refractivity contribution in [1.82, 2.24) is 9.21 Å². The maximum Gasteiger partial charge on any atom is 0.255 e. The third-order valence-electron chi connectivity index (χ3n) is 4.78. The Balaban J connectivity index is 1.95. The van der Waals surface area contributed by atoms with Crippen molar-refractivity contribution in [1.29, 1.82) is 0 Å². The van der Waals surface area contributed by atoms with Crippen LogP contribution in [0.25, 0.3) is 0 Å². The number of nitrogens with zero attached hydrogens (tertiary/aromatic N) is 2. The van der Waals surface area contributed by atoms with Gasteiger partial charge in [-0.15, -0.1) is 0 Å². The first-order valence-electron chi connectivity index (χ1n) is 9.48. The van der Waals surface area contributed by atoms with E-state index in [0.717, 1.165) is 29.7 Å². The molecule has 0 aromatic heterocycles. The number of benzene rings is 1. The predicted molar refractivity (Wildman–Crippen MR) is 102 cm³/mol. The van der Waals surface area contributed by atoms with Crippen LogP contribution in [-0.2, 0) is 26.0 Å². The number of carbonyl (C=O) groups excluding carboxylic acids is 1. The average Bonchev–Trinajstić information content (AvgIpc) is 2.70. The Labute approximate surface area is 165 Å². The smallest absolute Gasteiger partial charge is 0.255 e. The van der Waals surface area contributed by atoms with Crippen LogP contribution >= 0.6 is 0 Å². The molecule has 158 valence electrons. The first kappa shape index (κ1) is 22.7. The van der Waals surface area contributed by atoms with Crippen LogP contribution in [0, 0.1) is 0 Å². The maximum absolute atomic E-state index is 12.6. The second-order valence-electron chi connectivity index (χ2n) is 6.83. The Hall–Kier alpha value is -1.58. The molecule has 0 radical (unpaired) electrons. The molecule has 6 nitrogen and oxygen atoms in total. The summed E-state index contributed by atoms with van der Waals surface area (Å²) in [5.74, 6) is -0.373. The number of ether oxygens (including phenoxy) is 1. The van der Waals surface area contributed by atoms with Gasteiger partial charge in [0, 0.05) is 33.2 Å². The molecule has 0 unspecified atom stereocenters. The number of rotatable bonds is 10. The highest BCUT2D eigenvalue weighted by Crippen LogP contribution is 2.21. The molecule has 1 amide bonds. The molecule has 28 heavy (non-hydrogen) atoms. The minimum Gasteiger partial charge on any atom is -0.383 e. The number of hydrogen-bond donors (Lipinski definition) is 0. The normalized spacial score (nSPS) is 15.7. The zero-order valence-corrected chi connectivity index (χ0v) is 17.0. The predicted octanol–water partition coefficient (Wildman–Crippen LogP) is 2.53. The van der Waals surface area contributed by atoms with Crippen LogP contribution < -0.4 is 0 Å². The lowest BCUT2D eigenvalue weighted by molar-refractivity contribution is -0.133. The quantitative estimate of drug-likeness (QED) is 0.586. The highest BCUT2D eigenvalue weighted by atomic mass is 32.2. The molecule has 1 aromatic rings. The molecule has 1 saturated heterocycles. The molecule has 0 bridgehead atoms. The van der Waals surface area contributed by atoms with Crippen LogP contribution in [0.2, 0.25) is 0 Å². The fourth-order valence-corrected chi connectivity index (χ4v) is 4.69. The molecule has 0 spiro atoms. The van der Waals surface area contributed by atoms with E-state index < -0.39 is 23.0 Å². The summed E-state index contributed by atoms with van der Waals surface area (Å²) in [7, 11) is -2.04. The molecule has 0 N–H and O–H groups in total. The van der Waals surface area contributed by atoms with Crippen molar-refractivity contribution in [3.05, 3.63) is 29.8 Å². The zero-order chi connectivity index (χ0) is 20.6.